The normalized spacial score (nSPS) is 11.4. The third-order valence-corrected chi connectivity index (χ3v) is 5.32. The van der Waals surface area contributed by atoms with Gasteiger partial charge < -0.3 is 5.11 Å². The van der Waals surface area contributed by atoms with Gasteiger partial charge in [-0.2, -0.15) is 14.6 Å². The van der Waals surface area contributed by atoms with Gasteiger partial charge in [0.2, 0.25) is 5.88 Å². The van der Waals surface area contributed by atoms with E-state index < -0.39 is 0 Å². The number of unbranched alkanes of at least 4 members (excludes halogenated alkanes) is 14. The van der Waals surface area contributed by atoms with E-state index in [0.29, 0.717) is 5.78 Å². The summed E-state index contributed by atoms with van der Waals surface area (Å²) in [7, 11) is 0. The first kappa shape index (κ1) is 21.6. The third-order valence-electron chi connectivity index (χ3n) is 5.32. The Hall–Kier alpha value is -1.65. The first-order valence-electron chi connectivity index (χ1n) is 11.2. The molecule has 0 bridgehead atoms. The molecule has 0 aliphatic heterocycles. The largest absolute Gasteiger partial charge is 0.493 e. The van der Waals surface area contributed by atoms with Crippen molar-refractivity contribution in [3.63, 3.8) is 0 Å². The van der Waals surface area contributed by atoms with Crippen molar-refractivity contribution in [2.75, 3.05) is 0 Å². The molecular formula is C22H38N4O. The molecule has 0 radical (unpaired) electrons. The van der Waals surface area contributed by atoms with Gasteiger partial charge >= 0.3 is 0 Å². The molecule has 0 aliphatic carbocycles. The zero-order valence-electron chi connectivity index (χ0n) is 17.2. The minimum absolute atomic E-state index is 0.119. The van der Waals surface area contributed by atoms with E-state index in [0.717, 1.165) is 18.5 Å². The van der Waals surface area contributed by atoms with Gasteiger partial charge in [-0.3, -0.25) is 0 Å². The van der Waals surface area contributed by atoms with Crippen molar-refractivity contribution >= 4 is 5.78 Å². The molecule has 2 rings (SSSR count). The van der Waals surface area contributed by atoms with Gasteiger partial charge in [-0.25, -0.2) is 4.98 Å². The number of hydrogen-bond donors (Lipinski definition) is 1. The molecule has 0 atom stereocenters. The Balaban J connectivity index is 1.38. The SMILES string of the molecule is CCCCCCCCCCCCCCCCCc1cc(O)n2ncnc2n1. The molecule has 0 fully saturated rings. The maximum Gasteiger partial charge on any atom is 0.255 e. The van der Waals surface area contributed by atoms with Gasteiger partial charge in [-0.1, -0.05) is 96.8 Å². The Morgan fingerprint density at radius 3 is 1.85 bits per heavy atom. The summed E-state index contributed by atoms with van der Waals surface area (Å²) in [4.78, 5) is 8.47. The minimum atomic E-state index is 0.119. The highest BCUT2D eigenvalue weighted by Crippen LogP contribution is 2.16. The van der Waals surface area contributed by atoms with Gasteiger partial charge in [-0.05, 0) is 12.8 Å². The van der Waals surface area contributed by atoms with E-state index in [1.54, 1.807) is 6.07 Å². The van der Waals surface area contributed by atoms with Crippen molar-refractivity contribution in [1.29, 1.82) is 0 Å². The van der Waals surface area contributed by atoms with E-state index in [-0.39, 0.29) is 5.88 Å². The van der Waals surface area contributed by atoms with Crippen LogP contribution in [0.3, 0.4) is 0 Å². The predicted octanol–water partition coefficient (Wildman–Crippen LogP) is 6.24. The summed E-state index contributed by atoms with van der Waals surface area (Å²) in [6.45, 7) is 2.28. The molecule has 0 aromatic carbocycles. The van der Waals surface area contributed by atoms with E-state index in [1.165, 1.54) is 101 Å². The number of nitrogens with zero attached hydrogens (tertiary/aromatic N) is 4. The number of aryl methyl sites for hydroxylation is 1. The zero-order valence-corrected chi connectivity index (χ0v) is 17.2. The highest BCUT2D eigenvalue weighted by molar-refractivity contribution is 5.32. The quantitative estimate of drug-likeness (QED) is 0.353. The monoisotopic (exact) mass is 374 g/mol. The highest BCUT2D eigenvalue weighted by atomic mass is 16.3. The van der Waals surface area contributed by atoms with Gasteiger partial charge in [0.1, 0.15) is 6.33 Å². The fourth-order valence-electron chi connectivity index (χ4n) is 3.65. The van der Waals surface area contributed by atoms with Crippen LogP contribution in [0.25, 0.3) is 5.78 Å². The Morgan fingerprint density at radius 2 is 1.30 bits per heavy atom. The Kier molecular flexibility index (Phi) is 10.8. The number of aromatic hydroxyl groups is 1. The second-order valence-corrected chi connectivity index (χ2v) is 7.78. The molecule has 0 aliphatic rings. The van der Waals surface area contributed by atoms with E-state index >= 15 is 0 Å². The number of aromatic nitrogens is 4. The summed E-state index contributed by atoms with van der Waals surface area (Å²) in [5, 5.41) is 13.8. The molecule has 27 heavy (non-hydrogen) atoms. The fourth-order valence-corrected chi connectivity index (χ4v) is 3.65. The topological polar surface area (TPSA) is 63.3 Å². The van der Waals surface area contributed by atoms with Crippen molar-refractivity contribution in [2.24, 2.45) is 0 Å². The summed E-state index contributed by atoms with van der Waals surface area (Å²) in [6.07, 6.45) is 22.9. The van der Waals surface area contributed by atoms with Crippen LogP contribution in [0.4, 0.5) is 0 Å². The van der Waals surface area contributed by atoms with E-state index in [1.807, 2.05) is 0 Å². The zero-order chi connectivity index (χ0) is 19.2. The third kappa shape index (κ3) is 8.72. The van der Waals surface area contributed by atoms with Crippen LogP contribution < -0.4 is 0 Å². The first-order valence-corrected chi connectivity index (χ1v) is 11.2. The molecule has 0 saturated heterocycles. The molecule has 5 nitrogen and oxygen atoms in total. The molecule has 2 aromatic heterocycles. The fraction of sp³-hybridized carbons (Fsp3) is 0.773. The maximum absolute atomic E-state index is 9.89. The molecule has 2 heterocycles. The minimum Gasteiger partial charge on any atom is -0.493 e. The molecular weight excluding hydrogens is 336 g/mol. The second kappa shape index (κ2) is 13.5. The van der Waals surface area contributed by atoms with Crippen LogP contribution in [-0.4, -0.2) is 24.7 Å². The number of fused-ring (bicyclic) bond motifs is 1. The lowest BCUT2D eigenvalue weighted by Crippen LogP contribution is -1.97. The van der Waals surface area contributed by atoms with Crippen molar-refractivity contribution in [1.82, 2.24) is 19.6 Å². The summed E-state index contributed by atoms with van der Waals surface area (Å²) in [5.74, 6) is 0.597. The Morgan fingerprint density at radius 1 is 0.778 bits per heavy atom. The number of rotatable bonds is 16. The Labute approximate surface area is 164 Å². The average Bonchev–Trinajstić information content (AvgIpc) is 3.14. The van der Waals surface area contributed by atoms with Gasteiger partial charge in [0.05, 0.1) is 0 Å². The van der Waals surface area contributed by atoms with E-state index in [4.69, 9.17) is 0 Å². The maximum atomic E-state index is 9.89. The standard InChI is InChI=1S/C22H38N4O/c1-2-3-4-5-6-7-8-9-10-11-12-13-14-15-16-17-20-18-21(27)26-22(25-20)23-19-24-26/h18-19,27H,2-17H2,1H3. The van der Waals surface area contributed by atoms with Crippen molar-refractivity contribution in [3.8, 4) is 5.88 Å². The van der Waals surface area contributed by atoms with E-state index in [2.05, 4.69) is 22.0 Å². The van der Waals surface area contributed by atoms with Gasteiger partial charge in [0.15, 0.2) is 0 Å². The molecule has 1 N–H and O–H groups in total. The lowest BCUT2D eigenvalue weighted by molar-refractivity contribution is 0.433. The van der Waals surface area contributed by atoms with Crippen LogP contribution in [0, 0.1) is 0 Å². The highest BCUT2D eigenvalue weighted by Gasteiger charge is 2.05. The number of hydrogen-bond acceptors (Lipinski definition) is 4. The molecule has 0 unspecified atom stereocenters. The molecule has 0 saturated carbocycles. The van der Waals surface area contributed by atoms with Gasteiger partial charge in [0.25, 0.3) is 5.78 Å². The van der Waals surface area contributed by atoms with Crippen molar-refractivity contribution in [3.05, 3.63) is 18.1 Å². The van der Waals surface area contributed by atoms with Crippen LogP contribution in [-0.2, 0) is 6.42 Å². The smallest absolute Gasteiger partial charge is 0.255 e. The van der Waals surface area contributed by atoms with Crippen molar-refractivity contribution in [2.45, 2.75) is 110 Å². The van der Waals surface area contributed by atoms with Gasteiger partial charge in [0, 0.05) is 11.8 Å². The predicted molar refractivity (Wildman–Crippen MR) is 111 cm³/mol. The summed E-state index contributed by atoms with van der Waals surface area (Å²) >= 11 is 0. The molecule has 152 valence electrons. The van der Waals surface area contributed by atoms with Crippen LogP contribution in [0.2, 0.25) is 0 Å². The molecule has 5 heteroatoms. The van der Waals surface area contributed by atoms with Crippen LogP contribution in [0.15, 0.2) is 12.4 Å². The molecule has 0 amide bonds. The average molecular weight is 375 g/mol. The summed E-state index contributed by atoms with van der Waals surface area (Å²) in [6, 6.07) is 1.70. The van der Waals surface area contributed by atoms with Gasteiger partial charge in [-0.15, -0.1) is 0 Å². The van der Waals surface area contributed by atoms with Crippen molar-refractivity contribution < 1.29 is 5.11 Å². The molecule has 2 aromatic rings. The van der Waals surface area contributed by atoms with Crippen LogP contribution in [0.1, 0.15) is 109 Å². The first-order chi connectivity index (χ1) is 13.3. The Bertz CT molecular complexity index is 626. The van der Waals surface area contributed by atoms with Crippen LogP contribution >= 0.6 is 0 Å². The summed E-state index contributed by atoms with van der Waals surface area (Å²) < 4.78 is 1.36. The summed E-state index contributed by atoms with van der Waals surface area (Å²) in [5.41, 5.74) is 0.905. The second-order valence-electron chi connectivity index (χ2n) is 7.78. The lowest BCUT2D eigenvalue weighted by Gasteiger charge is -2.04. The van der Waals surface area contributed by atoms with Crippen LogP contribution in [0.5, 0.6) is 5.88 Å². The van der Waals surface area contributed by atoms with E-state index in [9.17, 15) is 5.11 Å². The molecule has 0 spiro atoms. The lowest BCUT2D eigenvalue weighted by atomic mass is 10.0.